The summed E-state index contributed by atoms with van der Waals surface area (Å²) in [6.07, 6.45) is 2.75. The van der Waals surface area contributed by atoms with Crippen molar-refractivity contribution in [3.63, 3.8) is 0 Å². The average molecular weight is 260 g/mol. The van der Waals surface area contributed by atoms with Gasteiger partial charge in [0.2, 0.25) is 0 Å². The number of nitrogens with one attached hydrogen (secondary N) is 1. The fourth-order valence-corrected chi connectivity index (χ4v) is 2.84. The lowest BCUT2D eigenvalue weighted by molar-refractivity contribution is 0.289. The van der Waals surface area contributed by atoms with Gasteiger partial charge in [-0.3, -0.25) is 0 Å². The van der Waals surface area contributed by atoms with Crippen molar-refractivity contribution in [3.8, 4) is 0 Å². The summed E-state index contributed by atoms with van der Waals surface area (Å²) in [6.45, 7) is 11.7. The van der Waals surface area contributed by atoms with Gasteiger partial charge >= 0.3 is 0 Å². The van der Waals surface area contributed by atoms with Gasteiger partial charge in [0.05, 0.1) is 0 Å². The fraction of sp³-hybridized carbons (Fsp3) is 0.647. The normalized spacial score (nSPS) is 18.7. The molecule has 1 saturated heterocycles. The van der Waals surface area contributed by atoms with Crippen LogP contribution >= 0.6 is 0 Å². The summed E-state index contributed by atoms with van der Waals surface area (Å²) < 4.78 is 0. The maximum Gasteiger partial charge on any atom is 0.0167 e. The molecule has 2 rings (SSSR count). The van der Waals surface area contributed by atoms with Crippen molar-refractivity contribution in [2.75, 3.05) is 26.2 Å². The lowest BCUT2D eigenvalue weighted by Crippen LogP contribution is -2.43. The number of nitrogens with zero attached hydrogens (tertiary/aromatic N) is 1. The summed E-state index contributed by atoms with van der Waals surface area (Å²) in [5.74, 6) is 0. The highest BCUT2D eigenvalue weighted by Gasteiger charge is 2.21. The third kappa shape index (κ3) is 4.32. The van der Waals surface area contributed by atoms with E-state index in [0.29, 0.717) is 6.04 Å². The molecular formula is C17H28N2. The summed E-state index contributed by atoms with van der Waals surface area (Å²) in [6, 6.07) is 11.4. The van der Waals surface area contributed by atoms with E-state index in [1.54, 1.807) is 0 Å². The molecule has 106 valence electrons. The number of hydrogen-bond donors (Lipinski definition) is 1. The van der Waals surface area contributed by atoms with Gasteiger partial charge in [-0.05, 0) is 38.4 Å². The highest BCUT2D eigenvalue weighted by molar-refractivity contribution is 5.23. The number of benzene rings is 1. The van der Waals surface area contributed by atoms with Gasteiger partial charge in [0, 0.05) is 24.5 Å². The molecular weight excluding hydrogens is 232 g/mol. The van der Waals surface area contributed by atoms with Crippen LogP contribution in [0.25, 0.3) is 0 Å². The van der Waals surface area contributed by atoms with Crippen molar-refractivity contribution in [3.05, 3.63) is 35.9 Å². The first-order valence-electron chi connectivity index (χ1n) is 7.59. The third-order valence-corrected chi connectivity index (χ3v) is 4.18. The van der Waals surface area contributed by atoms with Crippen LogP contribution in [0.2, 0.25) is 0 Å². The molecule has 1 unspecified atom stereocenters. The van der Waals surface area contributed by atoms with Crippen molar-refractivity contribution in [2.45, 2.75) is 45.1 Å². The van der Waals surface area contributed by atoms with Crippen LogP contribution in [0.4, 0.5) is 0 Å². The molecule has 19 heavy (non-hydrogen) atoms. The quantitative estimate of drug-likeness (QED) is 0.846. The highest BCUT2D eigenvalue weighted by atomic mass is 15.2. The van der Waals surface area contributed by atoms with E-state index < -0.39 is 0 Å². The Labute approximate surface area is 118 Å². The van der Waals surface area contributed by atoms with Gasteiger partial charge in [-0.15, -0.1) is 0 Å². The van der Waals surface area contributed by atoms with Crippen LogP contribution in [0.15, 0.2) is 30.3 Å². The Bertz CT molecular complexity index is 366. The van der Waals surface area contributed by atoms with Gasteiger partial charge in [-0.2, -0.15) is 0 Å². The van der Waals surface area contributed by atoms with Crippen molar-refractivity contribution in [2.24, 2.45) is 0 Å². The molecule has 0 aromatic heterocycles. The zero-order chi connectivity index (χ0) is 13.7. The van der Waals surface area contributed by atoms with E-state index in [1.165, 1.54) is 38.0 Å². The van der Waals surface area contributed by atoms with Gasteiger partial charge in [-0.1, -0.05) is 44.2 Å². The molecule has 1 aliphatic rings. The molecule has 1 fully saturated rings. The minimum atomic E-state index is 0.195. The van der Waals surface area contributed by atoms with Gasteiger partial charge in [0.25, 0.3) is 0 Å². The minimum absolute atomic E-state index is 0.195. The van der Waals surface area contributed by atoms with Crippen molar-refractivity contribution >= 4 is 0 Å². The first-order chi connectivity index (χ1) is 9.08. The van der Waals surface area contributed by atoms with E-state index in [0.717, 1.165) is 6.54 Å². The summed E-state index contributed by atoms with van der Waals surface area (Å²) in [5, 5.41) is 3.71. The lowest BCUT2D eigenvalue weighted by Gasteiger charge is -2.29. The maximum atomic E-state index is 3.71. The third-order valence-electron chi connectivity index (χ3n) is 4.18. The second-order valence-corrected chi connectivity index (χ2v) is 6.54. The van der Waals surface area contributed by atoms with E-state index in [-0.39, 0.29) is 5.41 Å². The van der Waals surface area contributed by atoms with Crippen molar-refractivity contribution in [1.82, 2.24) is 10.2 Å². The molecule has 1 aromatic carbocycles. The monoisotopic (exact) mass is 260 g/mol. The fourth-order valence-electron chi connectivity index (χ4n) is 2.84. The Balaban J connectivity index is 1.80. The Morgan fingerprint density at radius 3 is 2.42 bits per heavy atom. The van der Waals surface area contributed by atoms with E-state index in [2.05, 4.69) is 61.3 Å². The molecule has 1 atom stereocenters. The SMILES string of the molecule is CC(CN1CCCC1)NCC(C)(C)c1ccccc1. The molecule has 0 amide bonds. The summed E-state index contributed by atoms with van der Waals surface area (Å²) >= 11 is 0. The zero-order valence-electron chi connectivity index (χ0n) is 12.7. The molecule has 0 saturated carbocycles. The molecule has 0 aliphatic carbocycles. The molecule has 1 heterocycles. The van der Waals surface area contributed by atoms with Crippen LogP contribution in [-0.2, 0) is 5.41 Å². The Morgan fingerprint density at radius 2 is 1.79 bits per heavy atom. The van der Waals surface area contributed by atoms with Crippen LogP contribution in [-0.4, -0.2) is 37.1 Å². The predicted octanol–water partition coefficient (Wildman–Crippen LogP) is 3.04. The summed E-state index contributed by atoms with van der Waals surface area (Å²) in [4.78, 5) is 2.58. The van der Waals surface area contributed by atoms with E-state index in [1.807, 2.05) is 0 Å². The topological polar surface area (TPSA) is 15.3 Å². The van der Waals surface area contributed by atoms with E-state index >= 15 is 0 Å². The van der Waals surface area contributed by atoms with Crippen LogP contribution in [0, 0.1) is 0 Å². The van der Waals surface area contributed by atoms with Gasteiger partial charge in [0.1, 0.15) is 0 Å². The zero-order valence-corrected chi connectivity index (χ0v) is 12.7. The van der Waals surface area contributed by atoms with Crippen LogP contribution in [0.3, 0.4) is 0 Å². The number of hydrogen-bond acceptors (Lipinski definition) is 2. The first kappa shape index (κ1) is 14.5. The molecule has 1 aliphatic heterocycles. The minimum Gasteiger partial charge on any atom is -0.312 e. The molecule has 1 aromatic rings. The Morgan fingerprint density at radius 1 is 1.16 bits per heavy atom. The summed E-state index contributed by atoms with van der Waals surface area (Å²) in [7, 11) is 0. The molecule has 0 bridgehead atoms. The van der Waals surface area contributed by atoms with Crippen molar-refractivity contribution in [1.29, 1.82) is 0 Å². The van der Waals surface area contributed by atoms with Crippen LogP contribution in [0.1, 0.15) is 39.2 Å². The van der Waals surface area contributed by atoms with Gasteiger partial charge < -0.3 is 10.2 Å². The number of rotatable bonds is 6. The second kappa shape index (κ2) is 6.53. The highest BCUT2D eigenvalue weighted by Crippen LogP contribution is 2.21. The summed E-state index contributed by atoms with van der Waals surface area (Å²) in [5.41, 5.74) is 1.61. The van der Waals surface area contributed by atoms with Gasteiger partial charge in [0.15, 0.2) is 0 Å². The largest absolute Gasteiger partial charge is 0.312 e. The lowest BCUT2D eigenvalue weighted by atomic mass is 9.84. The standard InChI is InChI=1S/C17H28N2/c1-15(13-19-11-7-8-12-19)18-14-17(2,3)16-9-5-4-6-10-16/h4-6,9-10,15,18H,7-8,11-14H2,1-3H3. The van der Waals surface area contributed by atoms with Crippen LogP contribution in [0.5, 0.6) is 0 Å². The average Bonchev–Trinajstić information content (AvgIpc) is 2.90. The molecule has 1 N–H and O–H groups in total. The Kier molecular flexibility index (Phi) is 5.00. The van der Waals surface area contributed by atoms with Crippen molar-refractivity contribution < 1.29 is 0 Å². The van der Waals surface area contributed by atoms with E-state index in [4.69, 9.17) is 0 Å². The smallest absolute Gasteiger partial charge is 0.0167 e. The molecule has 2 heteroatoms. The predicted molar refractivity (Wildman–Crippen MR) is 82.6 cm³/mol. The Hall–Kier alpha value is -0.860. The molecule has 0 spiro atoms. The second-order valence-electron chi connectivity index (χ2n) is 6.54. The van der Waals surface area contributed by atoms with E-state index in [9.17, 15) is 0 Å². The number of likely N-dealkylation sites (tertiary alicyclic amines) is 1. The maximum absolute atomic E-state index is 3.71. The van der Waals surface area contributed by atoms with Gasteiger partial charge in [-0.25, -0.2) is 0 Å². The van der Waals surface area contributed by atoms with Crippen LogP contribution < -0.4 is 5.32 Å². The first-order valence-corrected chi connectivity index (χ1v) is 7.59. The molecule has 2 nitrogen and oxygen atoms in total. The molecule has 0 radical (unpaired) electrons.